The van der Waals surface area contributed by atoms with E-state index in [0.29, 0.717) is 18.2 Å². The second kappa shape index (κ2) is 7.20. The maximum absolute atomic E-state index is 11.7. The first-order valence-electron chi connectivity index (χ1n) is 5.77. The first-order chi connectivity index (χ1) is 8.56. The van der Waals surface area contributed by atoms with Crippen LogP contribution >= 0.6 is 11.8 Å². The van der Waals surface area contributed by atoms with Crippen LogP contribution in [0, 0.1) is 5.92 Å². The molecule has 1 unspecified atom stereocenters. The molecule has 100 valence electrons. The topological polar surface area (TPSA) is 64.1 Å². The van der Waals surface area contributed by atoms with E-state index in [4.69, 9.17) is 4.74 Å². The maximum Gasteiger partial charge on any atom is 0.328 e. The average molecular weight is 269 g/mol. The number of nitrogens with zero attached hydrogens (tertiary/aromatic N) is 2. The lowest BCUT2D eigenvalue weighted by Crippen LogP contribution is -2.32. The smallest absolute Gasteiger partial charge is 0.328 e. The number of carbonyl (C=O) groups excluding carboxylic acids is 1. The third-order valence-corrected chi connectivity index (χ3v) is 3.01. The number of esters is 1. The molecule has 0 bridgehead atoms. The van der Waals surface area contributed by atoms with E-state index in [0.717, 1.165) is 5.03 Å². The van der Waals surface area contributed by atoms with E-state index in [1.54, 1.807) is 0 Å². The Morgan fingerprint density at radius 3 is 2.78 bits per heavy atom. The number of anilines is 1. The van der Waals surface area contributed by atoms with Gasteiger partial charge in [0.1, 0.15) is 23.2 Å². The number of nitrogens with one attached hydrogen (secondary N) is 1. The number of thioether (sulfide) groups is 1. The predicted molar refractivity (Wildman–Crippen MR) is 72.7 cm³/mol. The number of hydrogen-bond donors (Lipinski definition) is 1. The van der Waals surface area contributed by atoms with Crippen LogP contribution in [0.1, 0.15) is 20.3 Å². The fraction of sp³-hybridized carbons (Fsp3) is 0.583. The summed E-state index contributed by atoms with van der Waals surface area (Å²) < 4.78 is 4.79. The van der Waals surface area contributed by atoms with Gasteiger partial charge in [0.25, 0.3) is 0 Å². The summed E-state index contributed by atoms with van der Waals surface area (Å²) in [7, 11) is 1.39. The molecule has 18 heavy (non-hydrogen) atoms. The lowest BCUT2D eigenvalue weighted by atomic mass is 10.0. The number of aromatic nitrogens is 2. The molecule has 0 radical (unpaired) electrons. The molecular formula is C12H19N3O2S. The highest BCUT2D eigenvalue weighted by atomic mass is 32.2. The van der Waals surface area contributed by atoms with Gasteiger partial charge in [0.2, 0.25) is 0 Å². The summed E-state index contributed by atoms with van der Waals surface area (Å²) in [5.41, 5.74) is 0. The normalized spacial score (nSPS) is 12.3. The zero-order chi connectivity index (χ0) is 13.5. The van der Waals surface area contributed by atoms with Crippen LogP contribution in [0.25, 0.3) is 0 Å². The van der Waals surface area contributed by atoms with Crippen molar-refractivity contribution >= 4 is 23.5 Å². The van der Waals surface area contributed by atoms with Gasteiger partial charge < -0.3 is 10.1 Å². The Balaban J connectivity index is 2.78. The van der Waals surface area contributed by atoms with Crippen LogP contribution in [0.4, 0.5) is 5.82 Å². The van der Waals surface area contributed by atoms with E-state index in [-0.39, 0.29) is 12.0 Å². The largest absolute Gasteiger partial charge is 0.467 e. The quantitative estimate of drug-likeness (QED) is 0.485. The average Bonchev–Trinajstić information content (AvgIpc) is 2.36. The minimum absolute atomic E-state index is 0.270. The van der Waals surface area contributed by atoms with Gasteiger partial charge in [-0.25, -0.2) is 14.8 Å². The number of carbonyl (C=O) groups is 1. The zero-order valence-electron chi connectivity index (χ0n) is 11.1. The number of methoxy groups -OCH3 is 1. The SMILES string of the molecule is COC(=O)C(CC(C)C)Nc1cc(SC)ncn1. The molecule has 1 N–H and O–H groups in total. The Morgan fingerprint density at radius 1 is 1.50 bits per heavy atom. The van der Waals surface area contributed by atoms with Crippen molar-refractivity contribution < 1.29 is 9.53 Å². The monoisotopic (exact) mass is 269 g/mol. The minimum Gasteiger partial charge on any atom is -0.467 e. The summed E-state index contributed by atoms with van der Waals surface area (Å²) in [6.07, 6.45) is 4.13. The van der Waals surface area contributed by atoms with Gasteiger partial charge in [-0.3, -0.25) is 0 Å². The molecule has 0 saturated carbocycles. The molecule has 1 atom stereocenters. The molecule has 5 nitrogen and oxygen atoms in total. The molecule has 0 aliphatic carbocycles. The van der Waals surface area contributed by atoms with E-state index >= 15 is 0 Å². The van der Waals surface area contributed by atoms with Gasteiger partial charge in [-0.15, -0.1) is 11.8 Å². The lowest BCUT2D eigenvalue weighted by Gasteiger charge is -2.18. The van der Waals surface area contributed by atoms with Crippen molar-refractivity contribution in [2.45, 2.75) is 31.3 Å². The number of rotatable bonds is 6. The molecule has 1 aromatic heterocycles. The summed E-state index contributed by atoms with van der Waals surface area (Å²) >= 11 is 1.53. The summed E-state index contributed by atoms with van der Waals surface area (Å²) in [5.74, 6) is 0.766. The molecule has 0 fully saturated rings. The molecule has 1 aromatic rings. The maximum atomic E-state index is 11.7. The molecule has 1 heterocycles. The van der Waals surface area contributed by atoms with Gasteiger partial charge in [0.05, 0.1) is 7.11 Å². The van der Waals surface area contributed by atoms with Crippen molar-refractivity contribution in [3.8, 4) is 0 Å². The van der Waals surface area contributed by atoms with Crippen LogP contribution in [-0.4, -0.2) is 35.3 Å². The van der Waals surface area contributed by atoms with E-state index < -0.39 is 0 Å². The predicted octanol–water partition coefficient (Wildman–Crippen LogP) is 2.20. The summed E-state index contributed by atoms with van der Waals surface area (Å²) in [6.45, 7) is 4.12. The number of ether oxygens (including phenoxy) is 1. The molecule has 0 aromatic carbocycles. The highest BCUT2D eigenvalue weighted by Crippen LogP contribution is 2.16. The fourth-order valence-electron chi connectivity index (χ4n) is 1.54. The molecule has 0 amide bonds. The van der Waals surface area contributed by atoms with Crippen molar-refractivity contribution in [1.29, 1.82) is 0 Å². The second-order valence-corrected chi connectivity index (χ2v) is 5.12. The molecule has 6 heteroatoms. The summed E-state index contributed by atoms with van der Waals surface area (Å²) in [4.78, 5) is 19.9. The first kappa shape index (κ1) is 14.8. The Morgan fingerprint density at radius 2 is 2.22 bits per heavy atom. The van der Waals surface area contributed by atoms with Crippen LogP contribution in [-0.2, 0) is 9.53 Å². The standard InChI is InChI=1S/C12H19N3O2S/c1-8(2)5-9(12(16)17-3)15-10-6-11(18-4)14-7-13-10/h6-9H,5H2,1-4H3,(H,13,14,15). The van der Waals surface area contributed by atoms with Crippen molar-refractivity contribution in [2.75, 3.05) is 18.7 Å². The third kappa shape index (κ3) is 4.52. The summed E-state index contributed by atoms with van der Waals surface area (Å²) in [5, 5.41) is 3.96. The highest BCUT2D eigenvalue weighted by Gasteiger charge is 2.20. The van der Waals surface area contributed by atoms with Crippen molar-refractivity contribution in [2.24, 2.45) is 5.92 Å². The molecule has 0 aliphatic heterocycles. The zero-order valence-corrected chi connectivity index (χ0v) is 12.0. The lowest BCUT2D eigenvalue weighted by molar-refractivity contribution is -0.141. The van der Waals surface area contributed by atoms with Crippen molar-refractivity contribution in [3.05, 3.63) is 12.4 Å². The van der Waals surface area contributed by atoms with Crippen LogP contribution in [0.15, 0.2) is 17.4 Å². The molecule has 0 spiro atoms. The second-order valence-electron chi connectivity index (χ2n) is 4.30. The van der Waals surface area contributed by atoms with Crippen LogP contribution in [0.2, 0.25) is 0 Å². The third-order valence-electron chi connectivity index (χ3n) is 2.37. The van der Waals surface area contributed by atoms with Gasteiger partial charge in [0, 0.05) is 6.07 Å². The van der Waals surface area contributed by atoms with Crippen LogP contribution in [0.3, 0.4) is 0 Å². The van der Waals surface area contributed by atoms with Gasteiger partial charge >= 0.3 is 5.97 Å². The Labute approximate surface area is 112 Å². The molecule has 1 rings (SSSR count). The van der Waals surface area contributed by atoms with E-state index in [2.05, 4.69) is 29.1 Å². The Kier molecular flexibility index (Phi) is 5.91. The van der Waals surface area contributed by atoms with Gasteiger partial charge in [-0.1, -0.05) is 13.8 Å². The Hall–Kier alpha value is -1.30. The van der Waals surface area contributed by atoms with E-state index in [9.17, 15) is 4.79 Å². The van der Waals surface area contributed by atoms with Gasteiger partial charge in [-0.05, 0) is 18.6 Å². The molecule has 0 saturated heterocycles. The Bertz CT molecular complexity index is 399. The van der Waals surface area contributed by atoms with Crippen molar-refractivity contribution in [1.82, 2.24) is 9.97 Å². The molecular weight excluding hydrogens is 250 g/mol. The van der Waals surface area contributed by atoms with Gasteiger partial charge in [-0.2, -0.15) is 0 Å². The van der Waals surface area contributed by atoms with Crippen LogP contribution in [0.5, 0.6) is 0 Å². The van der Waals surface area contributed by atoms with E-state index in [1.165, 1.54) is 25.2 Å². The number of hydrogen-bond acceptors (Lipinski definition) is 6. The fourth-order valence-corrected chi connectivity index (χ4v) is 1.92. The highest BCUT2D eigenvalue weighted by molar-refractivity contribution is 7.98. The molecule has 0 aliphatic rings. The summed E-state index contributed by atoms with van der Waals surface area (Å²) in [6, 6.07) is 1.45. The van der Waals surface area contributed by atoms with Gasteiger partial charge in [0.15, 0.2) is 0 Å². The minimum atomic E-state index is -0.375. The first-order valence-corrected chi connectivity index (χ1v) is 6.99. The van der Waals surface area contributed by atoms with Crippen molar-refractivity contribution in [3.63, 3.8) is 0 Å². The van der Waals surface area contributed by atoms with E-state index in [1.807, 2.05) is 12.3 Å². The van der Waals surface area contributed by atoms with Crippen LogP contribution < -0.4 is 5.32 Å².